The van der Waals surface area contributed by atoms with Crippen LogP contribution in [-0.4, -0.2) is 57.7 Å². The number of ether oxygens (including phenoxy) is 1. The molecule has 1 aromatic carbocycles. The van der Waals surface area contributed by atoms with Gasteiger partial charge in [-0.3, -0.25) is 14.9 Å². The third kappa shape index (κ3) is 4.05. The summed E-state index contributed by atoms with van der Waals surface area (Å²) < 4.78 is 6.19. The van der Waals surface area contributed by atoms with E-state index in [1.807, 2.05) is 24.0 Å². The van der Waals surface area contributed by atoms with Gasteiger partial charge in [-0.1, -0.05) is 0 Å². The molecule has 1 aliphatic carbocycles. The lowest BCUT2D eigenvalue weighted by Gasteiger charge is -2.40. The highest BCUT2D eigenvalue weighted by atomic mass is 16.6. The van der Waals surface area contributed by atoms with E-state index in [9.17, 15) is 14.9 Å². The smallest absolute Gasteiger partial charge is 0.269 e. The van der Waals surface area contributed by atoms with E-state index in [4.69, 9.17) is 4.74 Å². The van der Waals surface area contributed by atoms with E-state index < -0.39 is 10.5 Å². The first kappa shape index (κ1) is 20.1. The van der Waals surface area contributed by atoms with E-state index in [0.29, 0.717) is 44.8 Å². The Bertz CT molecular complexity index is 902. The van der Waals surface area contributed by atoms with E-state index >= 15 is 0 Å². The van der Waals surface area contributed by atoms with Crippen LogP contribution < -0.4 is 9.64 Å². The van der Waals surface area contributed by atoms with Gasteiger partial charge in [0, 0.05) is 38.3 Å². The third-order valence-corrected chi connectivity index (χ3v) is 5.84. The van der Waals surface area contributed by atoms with Crippen molar-refractivity contribution >= 4 is 17.4 Å². The number of rotatable bonds is 5. The molecule has 158 valence electrons. The standard InChI is InChI=1S/C21H25N5O4/c1-16-4-9-19(23-22-16)24-12-14-25(15-13-24)20(27)21(10-2-3-11-21)30-18-7-5-17(6-8-18)26(28)29/h4-9H,2-3,10-15H2,1H3. The second kappa shape index (κ2) is 8.25. The van der Waals surface area contributed by atoms with Gasteiger partial charge in [0.25, 0.3) is 11.6 Å². The van der Waals surface area contributed by atoms with E-state index in [0.717, 1.165) is 24.4 Å². The van der Waals surface area contributed by atoms with Gasteiger partial charge in [-0.15, -0.1) is 5.10 Å². The Morgan fingerprint density at radius 3 is 2.27 bits per heavy atom. The topological polar surface area (TPSA) is 102 Å². The molecule has 1 saturated carbocycles. The molecule has 0 atom stereocenters. The molecule has 2 aromatic rings. The van der Waals surface area contributed by atoms with Crippen molar-refractivity contribution in [1.82, 2.24) is 15.1 Å². The first-order valence-electron chi connectivity index (χ1n) is 10.2. The van der Waals surface area contributed by atoms with Crippen LogP contribution in [-0.2, 0) is 4.79 Å². The minimum Gasteiger partial charge on any atom is -0.477 e. The maximum Gasteiger partial charge on any atom is 0.269 e. The maximum absolute atomic E-state index is 13.4. The summed E-state index contributed by atoms with van der Waals surface area (Å²) in [7, 11) is 0. The molecule has 9 nitrogen and oxygen atoms in total. The zero-order valence-electron chi connectivity index (χ0n) is 17.0. The fraction of sp³-hybridized carbons (Fsp3) is 0.476. The number of piperazine rings is 1. The number of hydrogen-bond acceptors (Lipinski definition) is 7. The van der Waals surface area contributed by atoms with Crippen LogP contribution in [0.15, 0.2) is 36.4 Å². The van der Waals surface area contributed by atoms with E-state index in [2.05, 4.69) is 15.1 Å². The monoisotopic (exact) mass is 411 g/mol. The summed E-state index contributed by atoms with van der Waals surface area (Å²) >= 11 is 0. The summed E-state index contributed by atoms with van der Waals surface area (Å²) in [4.78, 5) is 27.9. The molecular formula is C21H25N5O4. The molecule has 2 heterocycles. The minimum atomic E-state index is -0.887. The van der Waals surface area contributed by atoms with Crippen LogP contribution in [0.25, 0.3) is 0 Å². The number of carbonyl (C=O) groups excluding carboxylic acids is 1. The molecule has 9 heteroatoms. The summed E-state index contributed by atoms with van der Waals surface area (Å²) in [5.41, 5.74) is -0.00860. The summed E-state index contributed by atoms with van der Waals surface area (Å²) in [6, 6.07) is 9.84. The lowest BCUT2D eigenvalue weighted by atomic mass is 9.99. The Kier molecular flexibility index (Phi) is 5.52. The summed E-state index contributed by atoms with van der Waals surface area (Å²) in [6.45, 7) is 4.48. The van der Waals surface area contributed by atoms with Gasteiger partial charge in [0.05, 0.1) is 10.6 Å². The average molecular weight is 411 g/mol. The van der Waals surface area contributed by atoms with Crippen molar-refractivity contribution in [3.8, 4) is 5.75 Å². The fourth-order valence-corrected chi connectivity index (χ4v) is 4.15. The van der Waals surface area contributed by atoms with Crippen LogP contribution in [0.2, 0.25) is 0 Å². The van der Waals surface area contributed by atoms with Crippen molar-refractivity contribution in [3.63, 3.8) is 0 Å². The first-order valence-corrected chi connectivity index (χ1v) is 10.2. The molecule has 1 aromatic heterocycles. The molecule has 0 spiro atoms. The Morgan fingerprint density at radius 1 is 1.03 bits per heavy atom. The SMILES string of the molecule is Cc1ccc(N2CCN(C(=O)C3(Oc4ccc([N+](=O)[O-])cc4)CCCC3)CC2)nn1. The zero-order chi connectivity index (χ0) is 21.1. The van der Waals surface area contributed by atoms with Crippen molar-refractivity contribution < 1.29 is 14.5 Å². The highest BCUT2D eigenvalue weighted by Gasteiger charge is 2.46. The van der Waals surface area contributed by atoms with Crippen LogP contribution >= 0.6 is 0 Å². The van der Waals surface area contributed by atoms with Gasteiger partial charge in [0.1, 0.15) is 5.75 Å². The lowest BCUT2D eigenvalue weighted by molar-refractivity contribution is -0.384. The summed E-state index contributed by atoms with van der Waals surface area (Å²) in [5, 5.41) is 19.2. The number of nitro benzene ring substituents is 1. The number of nitro groups is 1. The van der Waals surface area contributed by atoms with Crippen molar-refractivity contribution in [3.05, 3.63) is 52.2 Å². The first-order chi connectivity index (χ1) is 14.5. The molecule has 0 bridgehead atoms. The quantitative estimate of drug-likeness (QED) is 0.551. The largest absolute Gasteiger partial charge is 0.477 e. The molecule has 0 N–H and O–H groups in total. The average Bonchev–Trinajstić information content (AvgIpc) is 3.24. The molecule has 30 heavy (non-hydrogen) atoms. The Hall–Kier alpha value is -3.23. The number of amides is 1. The van der Waals surface area contributed by atoms with E-state index in [1.165, 1.54) is 12.1 Å². The molecule has 2 fully saturated rings. The van der Waals surface area contributed by atoms with Crippen LogP contribution in [0.3, 0.4) is 0 Å². The molecule has 4 rings (SSSR count). The van der Waals surface area contributed by atoms with Crippen molar-refractivity contribution in [2.45, 2.75) is 38.2 Å². The number of anilines is 1. The third-order valence-electron chi connectivity index (χ3n) is 5.84. The Morgan fingerprint density at radius 2 is 1.70 bits per heavy atom. The minimum absolute atomic E-state index is 0.00414. The van der Waals surface area contributed by atoms with Crippen LogP contribution in [0, 0.1) is 17.0 Å². The number of carbonyl (C=O) groups is 1. The molecule has 0 radical (unpaired) electrons. The lowest BCUT2D eigenvalue weighted by Crippen LogP contribution is -2.57. The fourth-order valence-electron chi connectivity index (χ4n) is 4.15. The van der Waals surface area contributed by atoms with Gasteiger partial charge in [-0.2, -0.15) is 5.10 Å². The van der Waals surface area contributed by atoms with Crippen LogP contribution in [0.5, 0.6) is 5.75 Å². The van der Waals surface area contributed by atoms with Crippen LogP contribution in [0.1, 0.15) is 31.4 Å². The van der Waals surface area contributed by atoms with E-state index in [1.54, 1.807) is 12.1 Å². The van der Waals surface area contributed by atoms with E-state index in [-0.39, 0.29) is 11.6 Å². The molecule has 0 unspecified atom stereocenters. The Labute approximate surface area is 174 Å². The zero-order valence-corrected chi connectivity index (χ0v) is 17.0. The van der Waals surface area contributed by atoms with Crippen molar-refractivity contribution in [2.75, 3.05) is 31.1 Å². The number of aryl methyl sites for hydroxylation is 1. The second-order valence-corrected chi connectivity index (χ2v) is 7.87. The van der Waals surface area contributed by atoms with Gasteiger partial charge in [0.2, 0.25) is 0 Å². The maximum atomic E-state index is 13.4. The van der Waals surface area contributed by atoms with Gasteiger partial charge in [0.15, 0.2) is 11.4 Å². The molecule has 1 saturated heterocycles. The second-order valence-electron chi connectivity index (χ2n) is 7.87. The summed E-state index contributed by atoms with van der Waals surface area (Å²) in [5.74, 6) is 1.32. The van der Waals surface area contributed by atoms with Gasteiger partial charge in [-0.25, -0.2) is 0 Å². The number of hydrogen-bond donors (Lipinski definition) is 0. The van der Waals surface area contributed by atoms with Gasteiger partial charge in [-0.05, 0) is 56.9 Å². The van der Waals surface area contributed by atoms with Gasteiger partial charge < -0.3 is 14.5 Å². The number of nitrogens with zero attached hydrogens (tertiary/aromatic N) is 5. The predicted molar refractivity (Wildman–Crippen MR) is 110 cm³/mol. The molecule has 2 aliphatic rings. The number of non-ortho nitro benzene ring substituents is 1. The van der Waals surface area contributed by atoms with Crippen LogP contribution in [0.4, 0.5) is 11.5 Å². The number of aromatic nitrogens is 2. The predicted octanol–water partition coefficient (Wildman–Crippen LogP) is 2.73. The Balaban J connectivity index is 1.43. The molecule has 1 amide bonds. The molecular weight excluding hydrogens is 386 g/mol. The molecule has 1 aliphatic heterocycles. The normalized spacial score (nSPS) is 18.3. The highest BCUT2D eigenvalue weighted by Crippen LogP contribution is 2.37. The summed E-state index contributed by atoms with van der Waals surface area (Å²) in [6.07, 6.45) is 3.17. The number of benzene rings is 1. The highest BCUT2D eigenvalue weighted by molar-refractivity contribution is 5.86. The van der Waals surface area contributed by atoms with Gasteiger partial charge >= 0.3 is 0 Å². The van der Waals surface area contributed by atoms with Crippen molar-refractivity contribution in [1.29, 1.82) is 0 Å². The van der Waals surface area contributed by atoms with Crippen molar-refractivity contribution in [2.24, 2.45) is 0 Å².